The third kappa shape index (κ3) is 10.5. The summed E-state index contributed by atoms with van der Waals surface area (Å²) >= 11 is 0. The van der Waals surface area contributed by atoms with E-state index in [4.69, 9.17) is 55.4 Å². The number of imidazole rings is 1. The number of carboxylic acids is 2. The van der Waals surface area contributed by atoms with Gasteiger partial charge in [-0.05, 0) is 42.6 Å². The van der Waals surface area contributed by atoms with Crippen LogP contribution in [0.25, 0.3) is 22.0 Å². The van der Waals surface area contributed by atoms with Crippen molar-refractivity contribution >= 4 is 34.2 Å². The maximum Gasteiger partial charge on any atom is 0.490 e. The number of anilines is 2. The van der Waals surface area contributed by atoms with E-state index in [1.54, 1.807) is 24.4 Å². The van der Waals surface area contributed by atoms with Gasteiger partial charge in [-0.25, -0.2) is 23.9 Å². The van der Waals surface area contributed by atoms with Gasteiger partial charge in [-0.1, -0.05) is 30.3 Å². The molecule has 0 radical (unpaired) electrons. The van der Waals surface area contributed by atoms with Crippen LogP contribution in [-0.2, 0) is 14.3 Å². The van der Waals surface area contributed by atoms with Gasteiger partial charge in [0.1, 0.15) is 23.5 Å². The number of aliphatic carboxylic acids is 2. The number of aromatic amines is 1. The summed E-state index contributed by atoms with van der Waals surface area (Å²) in [5, 5.41) is 15.8. The van der Waals surface area contributed by atoms with Gasteiger partial charge in [0.25, 0.3) is 0 Å². The number of carboxylic acid groups (broad SMARTS) is 2. The van der Waals surface area contributed by atoms with Crippen molar-refractivity contribution in [3.63, 3.8) is 0 Å². The number of nitrogens with zero attached hydrogens (tertiary/aromatic N) is 2. The minimum Gasteiger partial charge on any atom is -0.494 e. The van der Waals surface area contributed by atoms with E-state index in [0.29, 0.717) is 60.6 Å². The summed E-state index contributed by atoms with van der Waals surface area (Å²) in [6.07, 6.45) is -7.93. The lowest BCUT2D eigenvalue weighted by Gasteiger charge is -2.21. The fourth-order valence-electron chi connectivity index (χ4n) is 5.08. The molecule has 19 heteroatoms. The number of hydrogen-bond donors (Lipinski definition) is 5. The van der Waals surface area contributed by atoms with E-state index in [1.807, 2.05) is 55.5 Å². The molecule has 3 aromatic carbocycles. The second-order valence-corrected chi connectivity index (χ2v) is 11.3. The predicted octanol–water partition coefficient (Wildman–Crippen LogP) is 6.94. The normalized spacial score (nSPS) is 14.6. The van der Waals surface area contributed by atoms with Gasteiger partial charge in [-0.2, -0.15) is 26.3 Å². The number of ether oxygens (including phenoxy) is 3. The first-order valence-corrected chi connectivity index (χ1v) is 15.8. The monoisotopic (exact) mass is 767 g/mol. The van der Waals surface area contributed by atoms with Crippen molar-refractivity contribution < 1.29 is 64.7 Å². The summed E-state index contributed by atoms with van der Waals surface area (Å²) in [6, 6.07) is 20.3. The molecule has 2 atom stereocenters. The molecule has 2 aromatic heterocycles. The molecule has 1 saturated heterocycles. The summed E-state index contributed by atoms with van der Waals surface area (Å²) in [5.74, 6) is -5.41. The summed E-state index contributed by atoms with van der Waals surface area (Å²) in [6.45, 7) is 3.26. The average molecular weight is 768 g/mol. The highest BCUT2D eigenvalue weighted by molar-refractivity contribution is 5.93. The van der Waals surface area contributed by atoms with Crippen molar-refractivity contribution in [2.45, 2.75) is 37.7 Å². The van der Waals surface area contributed by atoms with E-state index in [2.05, 4.69) is 4.98 Å². The Hall–Kier alpha value is -6.11. The quantitative estimate of drug-likeness (QED) is 0.0810. The molecule has 0 amide bonds. The minimum absolute atomic E-state index is 0.0919. The zero-order chi connectivity index (χ0) is 39.8. The van der Waals surface area contributed by atoms with Crippen LogP contribution in [0.2, 0.25) is 0 Å². The van der Waals surface area contributed by atoms with Gasteiger partial charge < -0.3 is 40.9 Å². The molecule has 288 valence electrons. The first-order chi connectivity index (χ1) is 25.4. The Balaban J connectivity index is 0.000000396. The van der Waals surface area contributed by atoms with Crippen LogP contribution in [0.15, 0.2) is 72.9 Å². The van der Waals surface area contributed by atoms with Gasteiger partial charge in [-0.3, -0.25) is 0 Å². The van der Waals surface area contributed by atoms with Crippen LogP contribution in [0, 0.1) is 5.82 Å². The van der Waals surface area contributed by atoms with Gasteiger partial charge in [0.2, 0.25) is 0 Å². The number of halogens is 7. The largest absolute Gasteiger partial charge is 0.494 e. The fraction of sp³-hybridized carbons (Fsp3) is 0.257. The molecule has 1 unspecified atom stereocenters. The number of carbonyl (C=O) groups is 2. The lowest BCUT2D eigenvalue weighted by molar-refractivity contribution is -0.193. The zero-order valence-electron chi connectivity index (χ0n) is 28.0. The highest BCUT2D eigenvalue weighted by atomic mass is 19.4. The maximum atomic E-state index is 16.4. The van der Waals surface area contributed by atoms with Crippen LogP contribution >= 0.6 is 0 Å². The van der Waals surface area contributed by atoms with E-state index < -0.39 is 36.0 Å². The Morgan fingerprint density at radius 3 is 2.19 bits per heavy atom. The number of aromatic nitrogens is 3. The molecule has 1 aliphatic heterocycles. The van der Waals surface area contributed by atoms with Crippen molar-refractivity contribution in [3.8, 4) is 22.8 Å². The predicted molar refractivity (Wildman–Crippen MR) is 180 cm³/mol. The van der Waals surface area contributed by atoms with Crippen molar-refractivity contribution in [2.24, 2.45) is 0 Å². The smallest absolute Gasteiger partial charge is 0.490 e. The fourth-order valence-corrected chi connectivity index (χ4v) is 5.08. The molecule has 7 N–H and O–H groups in total. The van der Waals surface area contributed by atoms with Gasteiger partial charge in [0.15, 0.2) is 11.6 Å². The number of nitrogens with two attached hydrogens (primary N) is 2. The number of H-pyrrole nitrogens is 1. The molecular weight excluding hydrogens is 735 g/mol. The summed E-state index contributed by atoms with van der Waals surface area (Å²) < 4.78 is 97.3. The molecule has 0 spiro atoms. The number of pyridine rings is 1. The number of alkyl halides is 6. The maximum absolute atomic E-state index is 16.4. The molecule has 1 aliphatic rings. The van der Waals surface area contributed by atoms with Gasteiger partial charge in [-0.15, -0.1) is 0 Å². The first-order valence-electron chi connectivity index (χ1n) is 15.8. The molecule has 6 rings (SSSR count). The summed E-state index contributed by atoms with van der Waals surface area (Å²) in [4.78, 5) is 30.7. The molecule has 0 aliphatic carbocycles. The highest BCUT2D eigenvalue weighted by Gasteiger charge is 2.39. The van der Waals surface area contributed by atoms with E-state index in [-0.39, 0.29) is 11.9 Å². The summed E-state index contributed by atoms with van der Waals surface area (Å²) in [7, 11) is 0. The van der Waals surface area contributed by atoms with E-state index in [0.717, 1.165) is 22.0 Å². The SMILES string of the molecule is CCOc1cc(O[C@@H]2CCOC2)c(F)c(C(c2cc3cc(N)ccc3c(N)n2)c2nc(-c3ccccc3)c[nH]2)c1.O=C(O)C(F)(F)F.O=C(O)C(F)(F)F. The number of hydrogen-bond acceptors (Lipinski definition) is 9. The first kappa shape index (κ1) is 40.7. The average Bonchev–Trinajstić information content (AvgIpc) is 3.80. The molecule has 1 fully saturated rings. The molecule has 12 nitrogen and oxygen atoms in total. The molecule has 0 saturated carbocycles. The summed E-state index contributed by atoms with van der Waals surface area (Å²) in [5.41, 5.74) is 15.5. The number of nitrogens with one attached hydrogen (secondary N) is 1. The Morgan fingerprint density at radius 1 is 0.963 bits per heavy atom. The number of fused-ring (bicyclic) bond motifs is 1. The zero-order valence-corrected chi connectivity index (χ0v) is 28.0. The van der Waals surface area contributed by atoms with E-state index in [9.17, 15) is 26.3 Å². The van der Waals surface area contributed by atoms with E-state index >= 15 is 4.39 Å². The molecular formula is C35H32F7N5O7. The molecule has 0 bridgehead atoms. The van der Waals surface area contributed by atoms with Crippen molar-refractivity contribution in [2.75, 3.05) is 31.3 Å². The third-order valence-electron chi connectivity index (χ3n) is 7.47. The third-order valence-corrected chi connectivity index (χ3v) is 7.47. The van der Waals surface area contributed by atoms with Crippen LogP contribution in [0.1, 0.15) is 36.3 Å². The topological polar surface area (TPSA) is 196 Å². The van der Waals surface area contributed by atoms with Crippen molar-refractivity contribution in [1.29, 1.82) is 0 Å². The van der Waals surface area contributed by atoms with Gasteiger partial charge in [0, 0.05) is 40.9 Å². The lowest BCUT2D eigenvalue weighted by atomic mass is 9.92. The molecule has 54 heavy (non-hydrogen) atoms. The standard InChI is InChI=1S/C31H30FN5O3.2C2HF3O2/c1-2-39-22-14-24(29(32)27(15-22)40-21-10-11-38-17-21)28(31-35-16-26(37-31)18-6-4-3-5-7-18)25-13-19-12-20(33)8-9-23(19)30(34)36-25;2*3-2(4,5)1(6)7/h3-9,12-16,21,28H,2,10-11,17,33H2,1H3,(H2,34,36)(H,35,37);2*(H,6,7)/t21-,28?;;/m1../s1. The second-order valence-electron chi connectivity index (χ2n) is 11.3. The van der Waals surface area contributed by atoms with Crippen LogP contribution < -0.4 is 20.9 Å². The Bertz CT molecular complexity index is 2050. The van der Waals surface area contributed by atoms with Crippen LogP contribution in [-0.4, -0.2) is 75.4 Å². The van der Waals surface area contributed by atoms with Crippen LogP contribution in [0.4, 0.5) is 42.2 Å². The Labute approximate surface area is 301 Å². The highest BCUT2D eigenvalue weighted by Crippen LogP contribution is 2.40. The van der Waals surface area contributed by atoms with E-state index in [1.165, 1.54) is 0 Å². The Morgan fingerprint density at radius 2 is 1.61 bits per heavy atom. The Kier molecular flexibility index (Phi) is 12.9. The molecule has 5 aromatic rings. The van der Waals surface area contributed by atoms with Crippen LogP contribution in [0.5, 0.6) is 11.5 Å². The van der Waals surface area contributed by atoms with Gasteiger partial charge >= 0.3 is 24.3 Å². The van der Waals surface area contributed by atoms with Crippen LogP contribution in [0.3, 0.4) is 0 Å². The minimum atomic E-state index is -5.08. The molecule has 3 heterocycles. The number of nitrogen functional groups attached to an aromatic ring is 2. The van der Waals surface area contributed by atoms with Gasteiger partial charge in [0.05, 0.1) is 37.1 Å². The number of benzene rings is 3. The second kappa shape index (κ2) is 17.1. The number of rotatable bonds is 8. The van der Waals surface area contributed by atoms with Crippen molar-refractivity contribution in [1.82, 2.24) is 15.0 Å². The lowest BCUT2D eigenvalue weighted by Crippen LogP contribution is -2.21. The van der Waals surface area contributed by atoms with Crippen molar-refractivity contribution in [3.05, 3.63) is 95.8 Å².